The summed E-state index contributed by atoms with van der Waals surface area (Å²) < 4.78 is 10.4. The van der Waals surface area contributed by atoms with E-state index in [1.807, 2.05) is 19.9 Å². The molecule has 0 saturated heterocycles. The number of amides is 1. The summed E-state index contributed by atoms with van der Waals surface area (Å²) in [5, 5.41) is 11.9. The number of anilines is 1. The highest BCUT2D eigenvalue weighted by molar-refractivity contribution is 7.14. The molecule has 1 aromatic carbocycles. The lowest BCUT2D eigenvalue weighted by Crippen LogP contribution is -2.12. The number of thiophene rings is 1. The van der Waals surface area contributed by atoms with E-state index < -0.39 is 5.97 Å². The van der Waals surface area contributed by atoms with E-state index in [1.54, 1.807) is 0 Å². The molecule has 2 aromatic rings. The molecule has 0 saturated carbocycles. The van der Waals surface area contributed by atoms with Gasteiger partial charge in [-0.15, -0.1) is 11.3 Å². The van der Waals surface area contributed by atoms with Crippen molar-refractivity contribution in [2.24, 2.45) is 0 Å². The van der Waals surface area contributed by atoms with Gasteiger partial charge in [-0.1, -0.05) is 6.92 Å². The molecule has 0 aliphatic heterocycles. The average Bonchev–Trinajstić information content (AvgIpc) is 2.94. The third-order valence-corrected chi connectivity index (χ3v) is 4.92. The van der Waals surface area contributed by atoms with E-state index in [-0.39, 0.29) is 28.7 Å². The molecule has 0 atom stereocenters. The molecule has 6 nitrogen and oxygen atoms in total. The van der Waals surface area contributed by atoms with Crippen molar-refractivity contribution in [1.29, 1.82) is 0 Å². The van der Waals surface area contributed by atoms with Crippen molar-refractivity contribution in [2.75, 3.05) is 19.5 Å². The van der Waals surface area contributed by atoms with Gasteiger partial charge in [-0.25, -0.2) is 4.79 Å². The Bertz CT molecular complexity index is 782. The second-order valence-corrected chi connectivity index (χ2v) is 6.23. The average molecular weight is 349 g/mol. The van der Waals surface area contributed by atoms with E-state index in [4.69, 9.17) is 9.47 Å². The van der Waals surface area contributed by atoms with Crippen LogP contribution in [0.2, 0.25) is 0 Å². The van der Waals surface area contributed by atoms with Crippen LogP contribution in [0.15, 0.2) is 18.2 Å². The summed E-state index contributed by atoms with van der Waals surface area (Å²) in [5.41, 5.74) is 1.32. The van der Waals surface area contributed by atoms with E-state index in [2.05, 4.69) is 5.32 Å². The zero-order chi connectivity index (χ0) is 17.9. The van der Waals surface area contributed by atoms with Crippen molar-refractivity contribution < 1.29 is 24.2 Å². The smallest absolute Gasteiger partial charge is 0.335 e. The highest BCUT2D eigenvalue weighted by Gasteiger charge is 2.19. The van der Waals surface area contributed by atoms with Gasteiger partial charge in [0.2, 0.25) is 0 Å². The molecule has 0 bridgehead atoms. The standard InChI is InChI=1S/C17H19NO5S/c1-5-13-9(2)6-14(24-13)16(19)18-11-7-10(17(20)21)8-12(22-3)15(11)23-4/h6-8H,5H2,1-4H3,(H,18,19)(H,20,21). The van der Waals surface area contributed by atoms with Crippen LogP contribution in [0.5, 0.6) is 11.5 Å². The molecule has 128 valence electrons. The molecule has 0 unspecified atom stereocenters. The fourth-order valence-electron chi connectivity index (χ4n) is 2.35. The van der Waals surface area contributed by atoms with E-state index in [0.29, 0.717) is 4.88 Å². The Morgan fingerprint density at radius 2 is 1.92 bits per heavy atom. The number of methoxy groups -OCH3 is 2. The van der Waals surface area contributed by atoms with Crippen molar-refractivity contribution in [1.82, 2.24) is 0 Å². The van der Waals surface area contributed by atoms with Crippen molar-refractivity contribution >= 4 is 28.9 Å². The minimum Gasteiger partial charge on any atom is -0.493 e. The van der Waals surface area contributed by atoms with E-state index in [9.17, 15) is 14.7 Å². The quantitative estimate of drug-likeness (QED) is 0.832. The number of carboxylic acids is 1. The number of hydrogen-bond donors (Lipinski definition) is 2. The van der Waals surface area contributed by atoms with Gasteiger partial charge in [-0.3, -0.25) is 4.79 Å². The Morgan fingerprint density at radius 1 is 1.21 bits per heavy atom. The number of carbonyl (C=O) groups is 2. The fraction of sp³-hybridized carbons (Fsp3) is 0.294. The van der Waals surface area contributed by atoms with Crippen LogP contribution in [0, 0.1) is 6.92 Å². The maximum atomic E-state index is 12.5. The van der Waals surface area contributed by atoms with Crippen LogP contribution < -0.4 is 14.8 Å². The van der Waals surface area contributed by atoms with Gasteiger partial charge >= 0.3 is 5.97 Å². The lowest BCUT2D eigenvalue weighted by molar-refractivity contribution is 0.0696. The molecule has 0 aliphatic carbocycles. The number of aryl methyl sites for hydroxylation is 2. The Labute approximate surface area is 144 Å². The minimum absolute atomic E-state index is 0.000410. The van der Waals surface area contributed by atoms with Crippen LogP contribution >= 0.6 is 11.3 Å². The van der Waals surface area contributed by atoms with Gasteiger partial charge in [-0.2, -0.15) is 0 Å². The number of ether oxygens (including phenoxy) is 2. The number of rotatable bonds is 6. The van der Waals surface area contributed by atoms with Gasteiger partial charge < -0.3 is 19.9 Å². The summed E-state index contributed by atoms with van der Waals surface area (Å²) in [7, 11) is 2.84. The third kappa shape index (κ3) is 3.51. The molecule has 24 heavy (non-hydrogen) atoms. The van der Waals surface area contributed by atoms with Crippen LogP contribution in [-0.4, -0.2) is 31.2 Å². The number of benzene rings is 1. The Balaban J connectivity index is 2.41. The van der Waals surface area contributed by atoms with Crippen molar-refractivity contribution in [3.05, 3.63) is 39.1 Å². The largest absolute Gasteiger partial charge is 0.493 e. The maximum absolute atomic E-state index is 12.5. The molecule has 1 amide bonds. The van der Waals surface area contributed by atoms with Crippen LogP contribution in [0.1, 0.15) is 37.4 Å². The molecule has 0 fully saturated rings. The van der Waals surface area contributed by atoms with Gasteiger partial charge in [0.25, 0.3) is 5.91 Å². The number of hydrogen-bond acceptors (Lipinski definition) is 5. The van der Waals surface area contributed by atoms with Gasteiger partial charge in [-0.05, 0) is 37.1 Å². The molecule has 0 radical (unpaired) electrons. The Hall–Kier alpha value is -2.54. The maximum Gasteiger partial charge on any atom is 0.335 e. The topological polar surface area (TPSA) is 84.9 Å². The lowest BCUT2D eigenvalue weighted by Gasteiger charge is -2.14. The SMILES string of the molecule is CCc1sc(C(=O)Nc2cc(C(=O)O)cc(OC)c2OC)cc1C. The number of aromatic carboxylic acids is 1. The summed E-state index contributed by atoms with van der Waals surface area (Å²) in [6, 6.07) is 4.52. The Morgan fingerprint density at radius 3 is 2.42 bits per heavy atom. The summed E-state index contributed by atoms with van der Waals surface area (Å²) in [5.74, 6) is -0.915. The predicted octanol–water partition coefficient (Wildman–Crippen LogP) is 3.59. The molecular formula is C17H19NO5S. The second-order valence-electron chi connectivity index (χ2n) is 5.09. The molecule has 7 heteroatoms. The predicted molar refractivity (Wildman–Crippen MR) is 92.9 cm³/mol. The first-order valence-electron chi connectivity index (χ1n) is 7.31. The van der Waals surface area contributed by atoms with Gasteiger partial charge in [0, 0.05) is 4.88 Å². The number of nitrogens with one attached hydrogen (secondary N) is 1. The third-order valence-electron chi connectivity index (χ3n) is 3.54. The van der Waals surface area contributed by atoms with Crippen LogP contribution in [-0.2, 0) is 6.42 Å². The summed E-state index contributed by atoms with van der Waals surface area (Å²) in [6.45, 7) is 3.99. The van der Waals surface area contributed by atoms with E-state index in [0.717, 1.165) is 16.9 Å². The number of carbonyl (C=O) groups excluding carboxylic acids is 1. The summed E-state index contributed by atoms with van der Waals surface area (Å²) in [6.07, 6.45) is 0.857. The van der Waals surface area contributed by atoms with Crippen LogP contribution in [0.3, 0.4) is 0 Å². The first-order valence-corrected chi connectivity index (χ1v) is 8.12. The molecule has 0 spiro atoms. The molecular weight excluding hydrogens is 330 g/mol. The first kappa shape index (κ1) is 17.8. The van der Waals surface area contributed by atoms with Crippen molar-refractivity contribution in [3.8, 4) is 11.5 Å². The van der Waals surface area contributed by atoms with Gasteiger partial charge in [0.15, 0.2) is 11.5 Å². The molecule has 2 rings (SSSR count). The fourth-order valence-corrected chi connectivity index (χ4v) is 3.36. The van der Waals surface area contributed by atoms with Gasteiger partial charge in [0.1, 0.15) is 0 Å². The molecule has 2 N–H and O–H groups in total. The second kappa shape index (κ2) is 7.35. The first-order chi connectivity index (χ1) is 11.4. The molecule has 1 heterocycles. The van der Waals surface area contributed by atoms with Crippen molar-refractivity contribution in [2.45, 2.75) is 20.3 Å². The zero-order valence-corrected chi connectivity index (χ0v) is 14.7. The van der Waals surface area contributed by atoms with Crippen LogP contribution in [0.25, 0.3) is 0 Å². The van der Waals surface area contributed by atoms with Crippen molar-refractivity contribution in [3.63, 3.8) is 0 Å². The molecule has 0 aliphatic rings. The minimum atomic E-state index is -1.12. The van der Waals surface area contributed by atoms with Gasteiger partial charge in [0.05, 0.1) is 30.3 Å². The summed E-state index contributed by atoms with van der Waals surface area (Å²) >= 11 is 1.42. The monoisotopic (exact) mass is 349 g/mol. The highest BCUT2D eigenvalue weighted by atomic mass is 32.1. The normalized spacial score (nSPS) is 10.3. The zero-order valence-electron chi connectivity index (χ0n) is 13.9. The van der Waals surface area contributed by atoms with E-state index >= 15 is 0 Å². The Kier molecular flexibility index (Phi) is 5.46. The number of carboxylic acid groups (broad SMARTS) is 1. The summed E-state index contributed by atoms with van der Waals surface area (Å²) in [4.78, 5) is 25.5. The lowest BCUT2D eigenvalue weighted by atomic mass is 10.1. The van der Waals surface area contributed by atoms with E-state index in [1.165, 1.54) is 37.7 Å². The van der Waals surface area contributed by atoms with Crippen LogP contribution in [0.4, 0.5) is 5.69 Å². The highest BCUT2D eigenvalue weighted by Crippen LogP contribution is 2.37. The molecule has 1 aromatic heterocycles.